The molecule has 0 spiro atoms. The second kappa shape index (κ2) is 7.29. The highest BCUT2D eigenvalue weighted by Gasteiger charge is 2.16. The fourth-order valence-electron chi connectivity index (χ4n) is 2.67. The van der Waals surface area contributed by atoms with Crippen molar-refractivity contribution in [3.63, 3.8) is 0 Å². The smallest absolute Gasteiger partial charge is 0.258 e. The van der Waals surface area contributed by atoms with Gasteiger partial charge in [-0.05, 0) is 25.8 Å². The number of nitrogens with one attached hydrogen (secondary N) is 1. The molecule has 1 aromatic rings. The lowest BCUT2D eigenvalue weighted by molar-refractivity contribution is -0.124. The Balaban J connectivity index is 1.83. The van der Waals surface area contributed by atoms with Gasteiger partial charge in [0.15, 0.2) is 6.61 Å². The molecule has 110 valence electrons. The minimum atomic E-state index is -0.0413. The van der Waals surface area contributed by atoms with E-state index in [1.54, 1.807) is 0 Å². The average molecular weight is 276 g/mol. The Morgan fingerprint density at radius 2 is 2.10 bits per heavy atom. The van der Waals surface area contributed by atoms with E-state index in [0.29, 0.717) is 18.3 Å². The zero-order valence-corrected chi connectivity index (χ0v) is 12.2. The van der Waals surface area contributed by atoms with E-state index in [0.717, 1.165) is 24.0 Å². The van der Waals surface area contributed by atoms with Crippen LogP contribution in [0.15, 0.2) is 18.2 Å². The van der Waals surface area contributed by atoms with Crippen LogP contribution in [0.1, 0.15) is 43.2 Å². The van der Waals surface area contributed by atoms with E-state index in [9.17, 15) is 4.79 Å². The molecule has 4 heteroatoms. The Morgan fingerprint density at radius 1 is 1.35 bits per heavy atom. The molecule has 0 bridgehead atoms. The summed E-state index contributed by atoms with van der Waals surface area (Å²) in [5.41, 5.74) is 7.78. The quantitative estimate of drug-likeness (QED) is 0.867. The van der Waals surface area contributed by atoms with Crippen LogP contribution in [0.3, 0.4) is 0 Å². The van der Waals surface area contributed by atoms with E-state index in [1.807, 2.05) is 25.1 Å². The molecule has 0 radical (unpaired) electrons. The van der Waals surface area contributed by atoms with Gasteiger partial charge < -0.3 is 15.8 Å². The summed E-state index contributed by atoms with van der Waals surface area (Å²) in [6.07, 6.45) is 5.88. The molecule has 1 aliphatic carbocycles. The van der Waals surface area contributed by atoms with Gasteiger partial charge >= 0.3 is 0 Å². The normalized spacial score (nSPS) is 15.9. The number of aryl methyl sites for hydroxylation is 1. The summed E-state index contributed by atoms with van der Waals surface area (Å²) < 4.78 is 5.59. The van der Waals surface area contributed by atoms with E-state index >= 15 is 0 Å². The fourth-order valence-corrected chi connectivity index (χ4v) is 2.67. The number of carbonyl (C=O) groups is 1. The molecule has 0 unspecified atom stereocenters. The molecule has 1 aliphatic rings. The summed E-state index contributed by atoms with van der Waals surface area (Å²) in [6.45, 7) is 2.49. The van der Waals surface area contributed by atoms with Gasteiger partial charge in [-0.25, -0.2) is 0 Å². The molecule has 0 atom stereocenters. The van der Waals surface area contributed by atoms with Crippen LogP contribution in [0.2, 0.25) is 0 Å². The van der Waals surface area contributed by atoms with Gasteiger partial charge in [0, 0.05) is 18.2 Å². The Morgan fingerprint density at radius 3 is 2.80 bits per heavy atom. The molecule has 0 heterocycles. The fraction of sp³-hybridized carbons (Fsp3) is 0.562. The van der Waals surface area contributed by atoms with Crippen LogP contribution in [0.25, 0.3) is 0 Å². The van der Waals surface area contributed by atoms with Gasteiger partial charge in [0.05, 0.1) is 0 Å². The molecule has 2 rings (SSSR count). The van der Waals surface area contributed by atoms with Crippen molar-refractivity contribution in [3.8, 4) is 5.75 Å². The maximum atomic E-state index is 11.9. The van der Waals surface area contributed by atoms with Crippen molar-refractivity contribution in [1.82, 2.24) is 5.32 Å². The van der Waals surface area contributed by atoms with Crippen LogP contribution < -0.4 is 15.8 Å². The highest BCUT2D eigenvalue weighted by atomic mass is 16.5. The van der Waals surface area contributed by atoms with E-state index in [1.165, 1.54) is 19.3 Å². The minimum absolute atomic E-state index is 0.0413. The van der Waals surface area contributed by atoms with Gasteiger partial charge in [-0.2, -0.15) is 0 Å². The molecule has 20 heavy (non-hydrogen) atoms. The molecule has 1 saturated carbocycles. The zero-order chi connectivity index (χ0) is 14.4. The third-order valence-electron chi connectivity index (χ3n) is 3.76. The maximum Gasteiger partial charge on any atom is 0.258 e. The summed E-state index contributed by atoms with van der Waals surface area (Å²) in [5.74, 6) is 0.664. The van der Waals surface area contributed by atoms with Crippen molar-refractivity contribution >= 4 is 5.91 Å². The van der Waals surface area contributed by atoms with Gasteiger partial charge in [0.25, 0.3) is 5.91 Å². The monoisotopic (exact) mass is 276 g/mol. The first-order valence-corrected chi connectivity index (χ1v) is 7.41. The van der Waals surface area contributed by atoms with Gasteiger partial charge in [-0.3, -0.25) is 4.79 Å². The summed E-state index contributed by atoms with van der Waals surface area (Å²) in [6, 6.07) is 6.17. The third kappa shape index (κ3) is 4.23. The number of rotatable bonds is 5. The molecule has 1 aromatic carbocycles. The second-order valence-corrected chi connectivity index (χ2v) is 5.51. The van der Waals surface area contributed by atoms with Crippen LogP contribution >= 0.6 is 0 Å². The van der Waals surface area contributed by atoms with Crippen LogP contribution in [0, 0.1) is 6.92 Å². The Bertz CT molecular complexity index is 454. The summed E-state index contributed by atoms with van der Waals surface area (Å²) >= 11 is 0. The molecular formula is C16H24N2O2. The summed E-state index contributed by atoms with van der Waals surface area (Å²) in [7, 11) is 0. The maximum absolute atomic E-state index is 11.9. The molecule has 4 nitrogen and oxygen atoms in total. The van der Waals surface area contributed by atoms with Gasteiger partial charge in [-0.15, -0.1) is 0 Å². The number of amides is 1. The van der Waals surface area contributed by atoms with Crippen molar-refractivity contribution < 1.29 is 9.53 Å². The summed E-state index contributed by atoms with van der Waals surface area (Å²) in [4.78, 5) is 11.9. The Hall–Kier alpha value is -1.55. The van der Waals surface area contributed by atoms with Crippen molar-refractivity contribution in [3.05, 3.63) is 29.3 Å². The Kier molecular flexibility index (Phi) is 5.41. The number of hydrogen-bond acceptors (Lipinski definition) is 3. The summed E-state index contributed by atoms with van der Waals surface area (Å²) in [5, 5.41) is 3.04. The first kappa shape index (κ1) is 14.9. The lowest BCUT2D eigenvalue weighted by atomic mass is 9.95. The standard InChI is InChI=1S/C16H24N2O2/c1-12-7-8-15(13(9-12)10-17)20-11-16(19)18-14-5-3-2-4-6-14/h7-9,14H,2-6,10-11,17H2,1H3,(H,18,19). The van der Waals surface area contributed by atoms with E-state index in [2.05, 4.69) is 5.32 Å². The zero-order valence-electron chi connectivity index (χ0n) is 12.2. The average Bonchev–Trinajstić information content (AvgIpc) is 2.47. The van der Waals surface area contributed by atoms with E-state index < -0.39 is 0 Å². The van der Waals surface area contributed by atoms with Crippen LogP contribution in [0.4, 0.5) is 0 Å². The molecule has 3 N–H and O–H groups in total. The van der Waals surface area contributed by atoms with E-state index in [-0.39, 0.29) is 12.5 Å². The molecule has 1 amide bonds. The highest BCUT2D eigenvalue weighted by Crippen LogP contribution is 2.20. The van der Waals surface area contributed by atoms with Crippen LogP contribution in [0.5, 0.6) is 5.75 Å². The Labute approximate surface area is 120 Å². The molecule has 0 aliphatic heterocycles. The van der Waals surface area contributed by atoms with Crippen molar-refractivity contribution in [2.75, 3.05) is 6.61 Å². The number of hydrogen-bond donors (Lipinski definition) is 2. The van der Waals surface area contributed by atoms with Crippen LogP contribution in [-0.2, 0) is 11.3 Å². The van der Waals surface area contributed by atoms with Gasteiger partial charge in [0.1, 0.15) is 5.75 Å². The van der Waals surface area contributed by atoms with Gasteiger partial charge in [-0.1, -0.05) is 37.0 Å². The SMILES string of the molecule is Cc1ccc(OCC(=O)NC2CCCCC2)c(CN)c1. The predicted octanol–water partition coefficient (Wildman–Crippen LogP) is 2.28. The third-order valence-corrected chi connectivity index (χ3v) is 3.76. The molecular weight excluding hydrogens is 252 g/mol. The van der Waals surface area contributed by atoms with Crippen molar-refractivity contribution in [2.45, 2.75) is 51.6 Å². The molecule has 0 aromatic heterocycles. The number of benzene rings is 1. The molecule has 1 fully saturated rings. The minimum Gasteiger partial charge on any atom is -0.483 e. The number of ether oxygens (including phenoxy) is 1. The lowest BCUT2D eigenvalue weighted by Gasteiger charge is -2.22. The number of carbonyl (C=O) groups excluding carboxylic acids is 1. The molecule has 0 saturated heterocycles. The first-order chi connectivity index (χ1) is 9.69. The second-order valence-electron chi connectivity index (χ2n) is 5.51. The lowest BCUT2D eigenvalue weighted by Crippen LogP contribution is -2.39. The predicted molar refractivity (Wildman–Crippen MR) is 79.6 cm³/mol. The topological polar surface area (TPSA) is 64.3 Å². The first-order valence-electron chi connectivity index (χ1n) is 7.41. The van der Waals surface area contributed by atoms with Crippen molar-refractivity contribution in [1.29, 1.82) is 0 Å². The van der Waals surface area contributed by atoms with Crippen LogP contribution in [-0.4, -0.2) is 18.6 Å². The number of nitrogens with two attached hydrogens (primary N) is 1. The largest absolute Gasteiger partial charge is 0.483 e. The van der Waals surface area contributed by atoms with E-state index in [4.69, 9.17) is 10.5 Å². The van der Waals surface area contributed by atoms with Gasteiger partial charge in [0.2, 0.25) is 0 Å². The highest BCUT2D eigenvalue weighted by molar-refractivity contribution is 5.77. The van der Waals surface area contributed by atoms with Crippen molar-refractivity contribution in [2.24, 2.45) is 5.73 Å².